The molecule has 0 spiro atoms. The van der Waals surface area contributed by atoms with Crippen LogP contribution in [0.2, 0.25) is 0 Å². The molecule has 0 aliphatic heterocycles. The second-order valence-corrected chi connectivity index (χ2v) is 4.42. The normalized spacial score (nSPS) is 10.3. The summed E-state index contributed by atoms with van der Waals surface area (Å²) in [5, 5.41) is 4.28. The molecule has 2 aromatic rings. The summed E-state index contributed by atoms with van der Waals surface area (Å²) >= 11 is 3.45. The number of benzene rings is 1. The predicted octanol–water partition coefficient (Wildman–Crippen LogP) is 2.67. The SMILES string of the molecule is COc1ccc(-c2nn(C)cc2C=O)c(Br)c1. The number of aldehydes is 1. The second kappa shape index (κ2) is 4.71. The van der Waals surface area contributed by atoms with Crippen molar-refractivity contribution < 1.29 is 9.53 Å². The average Bonchev–Trinajstić information content (AvgIpc) is 2.70. The maximum Gasteiger partial charge on any atom is 0.153 e. The lowest BCUT2D eigenvalue weighted by atomic mass is 10.1. The lowest BCUT2D eigenvalue weighted by Gasteiger charge is -2.05. The zero-order valence-electron chi connectivity index (χ0n) is 9.48. The van der Waals surface area contributed by atoms with E-state index in [0.29, 0.717) is 11.3 Å². The number of nitrogens with zero attached hydrogens (tertiary/aromatic N) is 2. The Labute approximate surface area is 107 Å². The minimum absolute atomic E-state index is 0.568. The molecular weight excluding hydrogens is 284 g/mol. The van der Waals surface area contributed by atoms with Crippen molar-refractivity contribution in [3.05, 3.63) is 34.4 Å². The number of carbonyl (C=O) groups excluding carboxylic acids is 1. The minimum Gasteiger partial charge on any atom is -0.497 e. The third-order valence-electron chi connectivity index (χ3n) is 2.42. The Morgan fingerprint density at radius 3 is 2.82 bits per heavy atom. The molecule has 17 heavy (non-hydrogen) atoms. The van der Waals surface area contributed by atoms with Crippen LogP contribution < -0.4 is 4.74 Å². The Balaban J connectivity index is 2.56. The van der Waals surface area contributed by atoms with Crippen molar-refractivity contribution in [3.63, 3.8) is 0 Å². The monoisotopic (exact) mass is 294 g/mol. The Hall–Kier alpha value is -1.62. The summed E-state index contributed by atoms with van der Waals surface area (Å²) in [6, 6.07) is 5.56. The topological polar surface area (TPSA) is 44.1 Å². The van der Waals surface area contributed by atoms with Gasteiger partial charge in [-0.15, -0.1) is 0 Å². The van der Waals surface area contributed by atoms with E-state index in [9.17, 15) is 4.79 Å². The summed E-state index contributed by atoms with van der Waals surface area (Å²) in [7, 11) is 3.40. The van der Waals surface area contributed by atoms with Crippen molar-refractivity contribution in [1.29, 1.82) is 0 Å². The zero-order valence-corrected chi connectivity index (χ0v) is 11.1. The van der Waals surface area contributed by atoms with Gasteiger partial charge >= 0.3 is 0 Å². The lowest BCUT2D eigenvalue weighted by molar-refractivity contribution is 0.112. The highest BCUT2D eigenvalue weighted by molar-refractivity contribution is 9.10. The maximum absolute atomic E-state index is 11.0. The summed E-state index contributed by atoms with van der Waals surface area (Å²) in [5.41, 5.74) is 2.10. The number of aryl methyl sites for hydroxylation is 1. The van der Waals surface area contributed by atoms with Gasteiger partial charge in [-0.1, -0.05) is 0 Å². The molecule has 0 bridgehead atoms. The van der Waals surface area contributed by atoms with Crippen LogP contribution in [0.15, 0.2) is 28.9 Å². The van der Waals surface area contributed by atoms with Gasteiger partial charge in [0.1, 0.15) is 11.4 Å². The highest BCUT2D eigenvalue weighted by atomic mass is 79.9. The molecule has 0 saturated carbocycles. The van der Waals surface area contributed by atoms with Crippen molar-refractivity contribution in [2.45, 2.75) is 0 Å². The van der Waals surface area contributed by atoms with E-state index >= 15 is 0 Å². The molecule has 1 aromatic heterocycles. The first kappa shape index (κ1) is 11.9. The number of halogens is 1. The second-order valence-electron chi connectivity index (χ2n) is 3.57. The predicted molar refractivity (Wildman–Crippen MR) is 68.3 cm³/mol. The van der Waals surface area contributed by atoms with Crippen LogP contribution in [0.3, 0.4) is 0 Å². The van der Waals surface area contributed by atoms with Crippen LogP contribution in [0, 0.1) is 0 Å². The number of aromatic nitrogens is 2. The average molecular weight is 295 g/mol. The molecule has 0 N–H and O–H groups in total. The first-order valence-electron chi connectivity index (χ1n) is 4.98. The van der Waals surface area contributed by atoms with Gasteiger partial charge in [-0.25, -0.2) is 0 Å². The number of carbonyl (C=O) groups is 1. The van der Waals surface area contributed by atoms with Crippen molar-refractivity contribution in [2.24, 2.45) is 7.05 Å². The van der Waals surface area contributed by atoms with Crippen LogP contribution in [0.25, 0.3) is 11.3 Å². The summed E-state index contributed by atoms with van der Waals surface area (Å²) in [6.07, 6.45) is 2.50. The van der Waals surface area contributed by atoms with Crippen LogP contribution >= 0.6 is 15.9 Å². The van der Waals surface area contributed by atoms with Gasteiger partial charge in [0.25, 0.3) is 0 Å². The third-order valence-corrected chi connectivity index (χ3v) is 3.07. The smallest absolute Gasteiger partial charge is 0.153 e. The van der Waals surface area contributed by atoms with Gasteiger partial charge in [-0.05, 0) is 34.1 Å². The molecule has 1 heterocycles. The van der Waals surface area contributed by atoms with E-state index < -0.39 is 0 Å². The summed E-state index contributed by atoms with van der Waals surface area (Å²) < 4.78 is 7.59. The van der Waals surface area contributed by atoms with E-state index in [-0.39, 0.29) is 0 Å². The van der Waals surface area contributed by atoms with Gasteiger partial charge in [-0.3, -0.25) is 9.48 Å². The quantitative estimate of drug-likeness (QED) is 0.818. The number of methoxy groups -OCH3 is 1. The van der Waals surface area contributed by atoms with E-state index in [4.69, 9.17) is 4.74 Å². The molecule has 2 rings (SSSR count). The lowest BCUT2D eigenvalue weighted by Crippen LogP contribution is -1.90. The van der Waals surface area contributed by atoms with E-state index in [0.717, 1.165) is 22.1 Å². The molecule has 88 valence electrons. The largest absolute Gasteiger partial charge is 0.497 e. The van der Waals surface area contributed by atoms with Crippen molar-refractivity contribution >= 4 is 22.2 Å². The Kier molecular flexibility index (Phi) is 3.28. The number of ether oxygens (including phenoxy) is 1. The van der Waals surface area contributed by atoms with Crippen LogP contribution in [-0.2, 0) is 7.05 Å². The van der Waals surface area contributed by atoms with Crippen LogP contribution in [0.1, 0.15) is 10.4 Å². The first-order valence-corrected chi connectivity index (χ1v) is 5.77. The minimum atomic E-state index is 0.568. The third kappa shape index (κ3) is 2.24. The van der Waals surface area contributed by atoms with Crippen molar-refractivity contribution in [1.82, 2.24) is 9.78 Å². The number of hydrogen-bond donors (Lipinski definition) is 0. The highest BCUT2D eigenvalue weighted by Crippen LogP contribution is 2.31. The molecule has 0 aliphatic carbocycles. The molecule has 0 saturated heterocycles. The van der Waals surface area contributed by atoms with E-state index in [1.807, 2.05) is 18.2 Å². The summed E-state index contributed by atoms with van der Waals surface area (Å²) in [6.45, 7) is 0. The number of hydrogen-bond acceptors (Lipinski definition) is 3. The van der Waals surface area contributed by atoms with Gasteiger partial charge in [0.15, 0.2) is 6.29 Å². The molecule has 5 heteroatoms. The van der Waals surface area contributed by atoms with Crippen molar-refractivity contribution in [3.8, 4) is 17.0 Å². The van der Waals surface area contributed by atoms with Crippen LogP contribution in [-0.4, -0.2) is 23.2 Å². The molecule has 1 aromatic carbocycles. The van der Waals surface area contributed by atoms with Gasteiger partial charge in [-0.2, -0.15) is 5.10 Å². The van der Waals surface area contributed by atoms with E-state index in [1.54, 1.807) is 25.0 Å². The Bertz CT molecular complexity index is 564. The summed E-state index contributed by atoms with van der Waals surface area (Å²) in [5.74, 6) is 0.754. The molecule has 0 unspecified atom stereocenters. The molecule has 0 aliphatic rings. The summed E-state index contributed by atoms with van der Waals surface area (Å²) in [4.78, 5) is 11.0. The zero-order chi connectivity index (χ0) is 12.4. The Morgan fingerprint density at radius 1 is 1.47 bits per heavy atom. The number of rotatable bonds is 3. The fraction of sp³-hybridized carbons (Fsp3) is 0.167. The van der Waals surface area contributed by atoms with E-state index in [2.05, 4.69) is 21.0 Å². The molecular formula is C12H11BrN2O2. The highest BCUT2D eigenvalue weighted by Gasteiger charge is 2.12. The first-order chi connectivity index (χ1) is 8.15. The van der Waals surface area contributed by atoms with Gasteiger partial charge in [0.05, 0.1) is 12.7 Å². The molecule has 0 fully saturated rings. The van der Waals surface area contributed by atoms with Crippen LogP contribution in [0.5, 0.6) is 5.75 Å². The fourth-order valence-corrected chi connectivity index (χ4v) is 2.16. The van der Waals surface area contributed by atoms with Gasteiger partial charge in [0.2, 0.25) is 0 Å². The van der Waals surface area contributed by atoms with Gasteiger partial charge in [0, 0.05) is 23.3 Å². The standard InChI is InChI=1S/C12H11BrN2O2/c1-15-6-8(7-16)12(14-15)10-4-3-9(17-2)5-11(10)13/h3-7H,1-2H3. The molecule has 0 radical (unpaired) electrons. The molecule has 0 amide bonds. The van der Waals surface area contributed by atoms with Crippen molar-refractivity contribution in [2.75, 3.05) is 7.11 Å². The van der Waals surface area contributed by atoms with Gasteiger partial charge < -0.3 is 4.74 Å². The molecule has 4 nitrogen and oxygen atoms in total. The Morgan fingerprint density at radius 2 is 2.24 bits per heavy atom. The van der Waals surface area contributed by atoms with E-state index in [1.165, 1.54) is 0 Å². The molecule has 0 atom stereocenters. The fourth-order valence-electron chi connectivity index (χ4n) is 1.62. The maximum atomic E-state index is 11.0. The van der Waals surface area contributed by atoms with Crippen LogP contribution in [0.4, 0.5) is 0 Å².